The van der Waals surface area contributed by atoms with E-state index in [1.54, 1.807) is 6.07 Å². The van der Waals surface area contributed by atoms with E-state index in [1.165, 1.54) is 49.6 Å². The number of nitriles is 1. The summed E-state index contributed by atoms with van der Waals surface area (Å²) < 4.78 is 34.3. The molecule has 0 spiro atoms. The number of nitrogens with zero attached hydrogens (tertiary/aromatic N) is 1. The molecule has 0 atom stereocenters. The van der Waals surface area contributed by atoms with Crippen LogP contribution >= 0.6 is 23.2 Å². The fourth-order valence-electron chi connectivity index (χ4n) is 2.07. The zero-order valence-corrected chi connectivity index (χ0v) is 15.3. The average Bonchev–Trinajstić information content (AvgIpc) is 2.61. The molecular formula is C18H12Cl2F2N2O3. The summed E-state index contributed by atoms with van der Waals surface area (Å²) in [4.78, 5) is 12.3. The van der Waals surface area contributed by atoms with Gasteiger partial charge in [-0.05, 0) is 42.0 Å². The van der Waals surface area contributed by atoms with Crippen LogP contribution in [0.2, 0.25) is 10.0 Å². The van der Waals surface area contributed by atoms with E-state index in [1.807, 2.05) is 0 Å². The first-order chi connectivity index (χ1) is 12.8. The molecule has 0 saturated carbocycles. The van der Waals surface area contributed by atoms with Crippen LogP contribution in [0.15, 0.2) is 42.0 Å². The van der Waals surface area contributed by atoms with Crippen molar-refractivity contribution in [1.29, 1.82) is 5.26 Å². The van der Waals surface area contributed by atoms with Gasteiger partial charge < -0.3 is 14.8 Å². The number of carbonyl (C=O) groups excluding carboxylic acids is 1. The third kappa shape index (κ3) is 5.58. The lowest BCUT2D eigenvalue weighted by Gasteiger charge is -2.10. The summed E-state index contributed by atoms with van der Waals surface area (Å²) in [6, 6.07) is 10.3. The number of rotatable bonds is 6. The Morgan fingerprint density at radius 2 is 1.96 bits per heavy atom. The quantitative estimate of drug-likeness (QED) is 0.525. The van der Waals surface area contributed by atoms with Crippen molar-refractivity contribution in [3.63, 3.8) is 0 Å². The Bertz CT molecular complexity index is 927. The molecule has 5 nitrogen and oxygen atoms in total. The number of alkyl halides is 2. The van der Waals surface area contributed by atoms with E-state index in [0.717, 1.165) is 0 Å². The molecule has 0 fully saturated rings. The molecule has 2 rings (SSSR count). The van der Waals surface area contributed by atoms with E-state index in [-0.39, 0.29) is 27.8 Å². The highest BCUT2D eigenvalue weighted by Crippen LogP contribution is 2.30. The van der Waals surface area contributed by atoms with Crippen LogP contribution in [0.25, 0.3) is 6.08 Å². The van der Waals surface area contributed by atoms with Gasteiger partial charge in [-0.15, -0.1) is 0 Å². The van der Waals surface area contributed by atoms with Crippen LogP contribution in [0.4, 0.5) is 14.5 Å². The standard InChI is InChI=1S/C18H12Cl2F2N2O3/c1-26-15-5-2-10(7-16(15)27-18(21)22)6-11(9-23)17(25)24-14-4-3-12(19)8-13(14)20/h2-8,18H,1H3,(H,24,25)/b11-6+. The number of hydrogen-bond donors (Lipinski definition) is 1. The molecule has 1 amide bonds. The van der Waals surface area contributed by atoms with Crippen LogP contribution in [0.1, 0.15) is 5.56 Å². The van der Waals surface area contributed by atoms with Gasteiger partial charge in [-0.1, -0.05) is 29.3 Å². The molecule has 0 heterocycles. The highest BCUT2D eigenvalue weighted by Gasteiger charge is 2.14. The Kier molecular flexibility index (Phi) is 6.99. The van der Waals surface area contributed by atoms with E-state index in [2.05, 4.69) is 10.1 Å². The van der Waals surface area contributed by atoms with Crippen molar-refractivity contribution in [3.8, 4) is 17.6 Å². The Hall–Kier alpha value is -2.82. The lowest BCUT2D eigenvalue weighted by molar-refractivity contribution is -0.112. The van der Waals surface area contributed by atoms with E-state index in [0.29, 0.717) is 10.6 Å². The van der Waals surface area contributed by atoms with Gasteiger partial charge in [0.2, 0.25) is 0 Å². The van der Waals surface area contributed by atoms with Gasteiger partial charge in [-0.25, -0.2) is 0 Å². The van der Waals surface area contributed by atoms with Gasteiger partial charge in [0.25, 0.3) is 5.91 Å². The molecule has 2 aromatic carbocycles. The summed E-state index contributed by atoms with van der Waals surface area (Å²) in [6.07, 6.45) is 1.22. The van der Waals surface area contributed by atoms with Crippen LogP contribution in [0, 0.1) is 11.3 Å². The summed E-state index contributed by atoms with van der Waals surface area (Å²) in [5, 5.41) is 12.3. The number of nitrogens with one attached hydrogen (secondary N) is 1. The Morgan fingerprint density at radius 1 is 1.22 bits per heavy atom. The van der Waals surface area contributed by atoms with E-state index in [4.69, 9.17) is 27.9 Å². The zero-order chi connectivity index (χ0) is 20.0. The molecule has 0 aromatic heterocycles. The molecule has 0 bridgehead atoms. The maximum Gasteiger partial charge on any atom is 0.387 e. The largest absolute Gasteiger partial charge is 0.493 e. The number of benzene rings is 2. The van der Waals surface area contributed by atoms with E-state index in [9.17, 15) is 18.8 Å². The second kappa shape index (κ2) is 9.21. The summed E-state index contributed by atoms with van der Waals surface area (Å²) in [7, 11) is 1.30. The smallest absolute Gasteiger partial charge is 0.387 e. The van der Waals surface area contributed by atoms with Crippen molar-refractivity contribution in [3.05, 3.63) is 57.6 Å². The van der Waals surface area contributed by atoms with Gasteiger partial charge in [-0.2, -0.15) is 14.0 Å². The van der Waals surface area contributed by atoms with E-state index >= 15 is 0 Å². The molecule has 0 saturated heterocycles. The lowest BCUT2D eigenvalue weighted by atomic mass is 10.1. The molecule has 0 aliphatic carbocycles. The molecule has 0 aliphatic rings. The minimum Gasteiger partial charge on any atom is -0.493 e. The van der Waals surface area contributed by atoms with Gasteiger partial charge in [-0.3, -0.25) is 4.79 Å². The van der Waals surface area contributed by atoms with Gasteiger partial charge in [0, 0.05) is 5.02 Å². The molecule has 27 heavy (non-hydrogen) atoms. The fraction of sp³-hybridized carbons (Fsp3) is 0.111. The number of amides is 1. The predicted molar refractivity (Wildman–Crippen MR) is 98.3 cm³/mol. The number of ether oxygens (including phenoxy) is 2. The van der Waals surface area contributed by atoms with Gasteiger partial charge >= 0.3 is 6.61 Å². The van der Waals surface area contributed by atoms with Crippen LogP contribution in [0.3, 0.4) is 0 Å². The third-order valence-electron chi connectivity index (χ3n) is 3.26. The van der Waals surface area contributed by atoms with E-state index < -0.39 is 12.5 Å². The minimum atomic E-state index is -3.05. The highest BCUT2D eigenvalue weighted by molar-refractivity contribution is 6.36. The number of halogens is 4. The topological polar surface area (TPSA) is 71.3 Å². The highest BCUT2D eigenvalue weighted by atomic mass is 35.5. The second-order valence-corrected chi connectivity index (χ2v) is 5.88. The molecule has 2 aromatic rings. The minimum absolute atomic E-state index is 0.0864. The van der Waals surface area contributed by atoms with Crippen molar-refractivity contribution in [2.45, 2.75) is 6.61 Å². The number of hydrogen-bond acceptors (Lipinski definition) is 4. The van der Waals surface area contributed by atoms with Crippen molar-refractivity contribution >= 4 is 40.9 Å². The van der Waals surface area contributed by atoms with Gasteiger partial charge in [0.1, 0.15) is 11.6 Å². The van der Waals surface area contributed by atoms with Crippen molar-refractivity contribution in [2.24, 2.45) is 0 Å². The molecule has 1 N–H and O–H groups in total. The third-order valence-corrected chi connectivity index (χ3v) is 3.81. The maximum absolute atomic E-state index is 12.5. The number of anilines is 1. The molecule has 0 unspecified atom stereocenters. The van der Waals surface area contributed by atoms with Crippen LogP contribution in [-0.4, -0.2) is 19.6 Å². The molecular weight excluding hydrogens is 401 g/mol. The Labute approximate surface area is 163 Å². The zero-order valence-electron chi connectivity index (χ0n) is 13.8. The predicted octanol–water partition coefficient (Wildman–Crippen LogP) is 5.15. The maximum atomic E-state index is 12.5. The van der Waals surface area contributed by atoms with Gasteiger partial charge in [0.15, 0.2) is 11.5 Å². The van der Waals surface area contributed by atoms with Crippen LogP contribution in [0.5, 0.6) is 11.5 Å². The summed E-state index contributed by atoms with van der Waals surface area (Å²) in [5.74, 6) is -0.864. The Balaban J connectivity index is 2.29. The fourth-order valence-corrected chi connectivity index (χ4v) is 2.52. The van der Waals surface area contributed by atoms with Crippen LogP contribution < -0.4 is 14.8 Å². The average molecular weight is 413 g/mol. The molecule has 140 valence electrons. The van der Waals surface area contributed by atoms with Crippen molar-refractivity contribution in [2.75, 3.05) is 12.4 Å². The van der Waals surface area contributed by atoms with Gasteiger partial charge in [0.05, 0.1) is 17.8 Å². The normalized spacial score (nSPS) is 11.1. The summed E-state index contributed by atoms with van der Waals surface area (Å²) in [5.41, 5.74) is 0.290. The Morgan fingerprint density at radius 3 is 2.56 bits per heavy atom. The number of methoxy groups -OCH3 is 1. The SMILES string of the molecule is COc1ccc(/C=C(\C#N)C(=O)Nc2ccc(Cl)cc2Cl)cc1OC(F)F. The molecule has 9 heteroatoms. The van der Waals surface area contributed by atoms with Crippen molar-refractivity contribution in [1.82, 2.24) is 0 Å². The lowest BCUT2D eigenvalue weighted by Crippen LogP contribution is -2.13. The monoisotopic (exact) mass is 412 g/mol. The second-order valence-electron chi connectivity index (χ2n) is 5.04. The summed E-state index contributed by atoms with van der Waals surface area (Å²) >= 11 is 11.8. The first-order valence-electron chi connectivity index (χ1n) is 7.35. The van der Waals surface area contributed by atoms with Crippen molar-refractivity contribution < 1.29 is 23.0 Å². The first-order valence-corrected chi connectivity index (χ1v) is 8.10. The summed E-state index contributed by atoms with van der Waals surface area (Å²) in [6.45, 7) is -3.05. The molecule has 0 aliphatic heterocycles. The first kappa shape index (κ1) is 20.5. The number of carbonyl (C=O) groups is 1. The van der Waals surface area contributed by atoms with Crippen LogP contribution in [-0.2, 0) is 4.79 Å². The molecule has 0 radical (unpaired) electrons.